The minimum absolute atomic E-state index is 0.152. The Morgan fingerprint density at radius 2 is 2.27 bits per heavy atom. The first kappa shape index (κ1) is 11.6. The van der Waals surface area contributed by atoms with Gasteiger partial charge in [0.15, 0.2) is 0 Å². The van der Waals surface area contributed by atoms with Crippen molar-refractivity contribution in [1.29, 1.82) is 0 Å². The molecule has 7 heteroatoms. The Balaban J connectivity index is 2.64. The molecule has 0 aliphatic heterocycles. The Morgan fingerprint density at radius 1 is 1.53 bits per heavy atom. The maximum atomic E-state index is 11.4. The van der Waals surface area contributed by atoms with E-state index in [1.165, 1.54) is 4.68 Å². The summed E-state index contributed by atoms with van der Waals surface area (Å²) in [5.41, 5.74) is 0. The number of nitrogens with zero attached hydrogens (tertiary/aromatic N) is 5. The van der Waals surface area contributed by atoms with E-state index in [0.29, 0.717) is 13.2 Å². The molecule has 1 aromatic heterocycles. The second-order valence-electron chi connectivity index (χ2n) is 3.25. The molecule has 0 aliphatic rings. The van der Waals surface area contributed by atoms with E-state index in [2.05, 4.69) is 15.5 Å². The van der Waals surface area contributed by atoms with Crippen LogP contribution in [0.15, 0.2) is 0 Å². The zero-order valence-corrected chi connectivity index (χ0v) is 9.17. The van der Waals surface area contributed by atoms with Crippen molar-refractivity contribution in [3.05, 3.63) is 5.82 Å². The van der Waals surface area contributed by atoms with Gasteiger partial charge in [-0.3, -0.25) is 0 Å². The molecule has 0 bridgehead atoms. The highest BCUT2D eigenvalue weighted by Gasteiger charge is 2.16. The Hall–Kier alpha value is -1.50. The van der Waals surface area contributed by atoms with E-state index in [-0.39, 0.29) is 5.82 Å². The van der Waals surface area contributed by atoms with Crippen LogP contribution in [0.1, 0.15) is 17.5 Å². The molecule has 0 atom stereocenters. The zero-order chi connectivity index (χ0) is 11.3. The van der Waals surface area contributed by atoms with Crippen molar-refractivity contribution in [3.8, 4) is 0 Å². The van der Waals surface area contributed by atoms with Crippen LogP contribution in [-0.2, 0) is 11.3 Å². The molecular formula is C8H15N5O2. The molecule has 0 saturated heterocycles. The quantitative estimate of drug-likeness (QED) is 0.609. The summed E-state index contributed by atoms with van der Waals surface area (Å²) in [6, 6.07) is 0. The number of hydrogen-bond donors (Lipinski definition) is 0. The van der Waals surface area contributed by atoms with Gasteiger partial charge in [-0.1, -0.05) is 0 Å². The predicted molar refractivity (Wildman–Crippen MR) is 52.3 cm³/mol. The largest absolute Gasteiger partial charge is 0.460 e. The van der Waals surface area contributed by atoms with Crippen molar-refractivity contribution < 1.29 is 9.53 Å². The maximum Gasteiger partial charge on any atom is 0.378 e. The summed E-state index contributed by atoms with van der Waals surface area (Å²) in [7, 11) is 3.88. The van der Waals surface area contributed by atoms with Gasteiger partial charge in [-0.25, -0.2) is 9.48 Å². The number of rotatable bonds is 5. The van der Waals surface area contributed by atoms with Crippen LogP contribution in [0.2, 0.25) is 0 Å². The van der Waals surface area contributed by atoms with Gasteiger partial charge in [-0.2, -0.15) is 0 Å². The fourth-order valence-corrected chi connectivity index (χ4v) is 0.992. The average Bonchev–Trinajstić information content (AvgIpc) is 2.62. The van der Waals surface area contributed by atoms with E-state index < -0.39 is 5.97 Å². The summed E-state index contributed by atoms with van der Waals surface area (Å²) in [5.74, 6) is -0.333. The minimum Gasteiger partial charge on any atom is -0.460 e. The number of tetrazole rings is 1. The Labute approximate surface area is 88.0 Å². The summed E-state index contributed by atoms with van der Waals surface area (Å²) in [4.78, 5) is 13.4. The van der Waals surface area contributed by atoms with Gasteiger partial charge in [0, 0.05) is 6.54 Å². The molecule has 0 unspecified atom stereocenters. The van der Waals surface area contributed by atoms with Crippen LogP contribution in [-0.4, -0.2) is 58.3 Å². The molecule has 0 saturated carbocycles. The molecule has 0 amide bonds. The lowest BCUT2D eigenvalue weighted by atomic mass is 10.5. The molecule has 0 aromatic carbocycles. The van der Waals surface area contributed by atoms with E-state index in [0.717, 1.165) is 6.54 Å². The monoisotopic (exact) mass is 213 g/mol. The second kappa shape index (κ2) is 5.40. The van der Waals surface area contributed by atoms with Gasteiger partial charge >= 0.3 is 5.97 Å². The molecule has 0 radical (unpaired) electrons. The highest BCUT2D eigenvalue weighted by molar-refractivity contribution is 5.85. The van der Waals surface area contributed by atoms with Gasteiger partial charge in [-0.05, 0) is 31.4 Å². The molecule has 84 valence electrons. The topological polar surface area (TPSA) is 73.1 Å². The number of likely N-dealkylation sites (N-methyl/N-ethyl adjacent to an activating group) is 1. The van der Waals surface area contributed by atoms with Gasteiger partial charge in [0.25, 0.3) is 5.82 Å². The molecule has 1 heterocycles. The fourth-order valence-electron chi connectivity index (χ4n) is 0.992. The molecule has 0 fully saturated rings. The lowest BCUT2D eigenvalue weighted by molar-refractivity contribution is 0.0503. The van der Waals surface area contributed by atoms with E-state index in [1.54, 1.807) is 6.92 Å². The van der Waals surface area contributed by atoms with Crippen LogP contribution in [0.5, 0.6) is 0 Å². The number of esters is 1. The van der Waals surface area contributed by atoms with Crippen molar-refractivity contribution in [2.75, 3.05) is 27.2 Å². The van der Waals surface area contributed by atoms with Crippen LogP contribution < -0.4 is 0 Å². The van der Waals surface area contributed by atoms with E-state index in [4.69, 9.17) is 4.74 Å². The smallest absolute Gasteiger partial charge is 0.378 e. The molecule has 0 aliphatic carbocycles. The predicted octanol–water partition coefficient (Wildman–Crippen LogP) is -0.589. The molecule has 7 nitrogen and oxygen atoms in total. The molecule has 1 aromatic rings. The third kappa shape index (κ3) is 3.28. The first-order valence-corrected chi connectivity index (χ1v) is 4.73. The Kier molecular flexibility index (Phi) is 4.17. The van der Waals surface area contributed by atoms with Gasteiger partial charge in [0.1, 0.15) is 0 Å². The SMILES string of the molecule is CCOC(=O)c1nnnn1CCN(C)C. The van der Waals surface area contributed by atoms with Crippen LogP contribution in [0.3, 0.4) is 0 Å². The van der Waals surface area contributed by atoms with E-state index in [9.17, 15) is 4.79 Å². The molecule has 0 N–H and O–H groups in total. The zero-order valence-electron chi connectivity index (χ0n) is 9.17. The number of carbonyl (C=O) groups excluding carboxylic acids is 1. The second-order valence-corrected chi connectivity index (χ2v) is 3.25. The molecular weight excluding hydrogens is 198 g/mol. The number of carbonyl (C=O) groups is 1. The summed E-state index contributed by atoms with van der Waals surface area (Å²) in [6.45, 7) is 3.39. The average molecular weight is 213 g/mol. The van der Waals surface area contributed by atoms with Crippen molar-refractivity contribution in [3.63, 3.8) is 0 Å². The number of ether oxygens (including phenoxy) is 1. The van der Waals surface area contributed by atoms with Gasteiger partial charge in [0.05, 0.1) is 13.2 Å². The fraction of sp³-hybridized carbons (Fsp3) is 0.750. The van der Waals surface area contributed by atoms with E-state index >= 15 is 0 Å². The van der Waals surface area contributed by atoms with Crippen molar-refractivity contribution in [2.24, 2.45) is 0 Å². The molecule has 1 rings (SSSR count). The van der Waals surface area contributed by atoms with Crippen LogP contribution >= 0.6 is 0 Å². The van der Waals surface area contributed by atoms with Crippen molar-refractivity contribution in [2.45, 2.75) is 13.5 Å². The van der Waals surface area contributed by atoms with Gasteiger partial charge in [0.2, 0.25) is 0 Å². The van der Waals surface area contributed by atoms with Crippen LogP contribution in [0.4, 0.5) is 0 Å². The highest BCUT2D eigenvalue weighted by Crippen LogP contribution is 1.96. The standard InChI is InChI=1S/C8H15N5O2/c1-4-15-8(14)7-9-10-11-13(7)6-5-12(2)3/h4-6H2,1-3H3. The maximum absolute atomic E-state index is 11.4. The normalized spacial score (nSPS) is 10.7. The van der Waals surface area contributed by atoms with Gasteiger partial charge < -0.3 is 9.64 Å². The van der Waals surface area contributed by atoms with Crippen LogP contribution in [0, 0.1) is 0 Å². The highest BCUT2D eigenvalue weighted by atomic mass is 16.5. The van der Waals surface area contributed by atoms with Gasteiger partial charge in [-0.15, -0.1) is 5.10 Å². The molecule has 0 spiro atoms. The van der Waals surface area contributed by atoms with Crippen molar-refractivity contribution >= 4 is 5.97 Å². The number of aromatic nitrogens is 4. The summed E-state index contributed by atoms with van der Waals surface area (Å²) < 4.78 is 6.26. The summed E-state index contributed by atoms with van der Waals surface area (Å²) in [5, 5.41) is 10.8. The lowest BCUT2D eigenvalue weighted by Gasteiger charge is -2.09. The number of hydrogen-bond acceptors (Lipinski definition) is 6. The minimum atomic E-state index is -0.485. The third-order valence-electron chi connectivity index (χ3n) is 1.75. The van der Waals surface area contributed by atoms with Crippen LogP contribution in [0.25, 0.3) is 0 Å². The lowest BCUT2D eigenvalue weighted by Crippen LogP contribution is -2.22. The van der Waals surface area contributed by atoms with Crippen molar-refractivity contribution in [1.82, 2.24) is 25.1 Å². The summed E-state index contributed by atoms with van der Waals surface area (Å²) >= 11 is 0. The Bertz CT molecular complexity index is 323. The first-order valence-electron chi connectivity index (χ1n) is 4.73. The third-order valence-corrected chi connectivity index (χ3v) is 1.75. The molecule has 15 heavy (non-hydrogen) atoms. The first-order chi connectivity index (χ1) is 7.15. The van der Waals surface area contributed by atoms with E-state index in [1.807, 2.05) is 19.0 Å². The Morgan fingerprint density at radius 3 is 2.87 bits per heavy atom. The summed E-state index contributed by atoms with van der Waals surface area (Å²) in [6.07, 6.45) is 0.